The highest BCUT2D eigenvalue weighted by Crippen LogP contribution is 2.23. The highest BCUT2D eigenvalue weighted by molar-refractivity contribution is 5.97. The Bertz CT molecular complexity index is 884. The molecule has 1 aliphatic carbocycles. The number of amides is 2. The van der Waals surface area contributed by atoms with Gasteiger partial charge in [0.25, 0.3) is 5.91 Å². The molecule has 3 heterocycles. The molecule has 2 aliphatic rings. The number of carbonyl (C=O) groups excluding carboxylic acids is 2. The monoisotopic (exact) mass is 397 g/mol. The summed E-state index contributed by atoms with van der Waals surface area (Å²) in [6.45, 7) is 5.29. The number of fused-ring (bicyclic) bond motifs is 1. The summed E-state index contributed by atoms with van der Waals surface area (Å²) < 4.78 is 1.86. The average Bonchev–Trinajstić information content (AvgIpc) is 3.17. The van der Waals surface area contributed by atoms with Crippen LogP contribution in [0.1, 0.15) is 75.2 Å². The molecule has 1 N–H and O–H groups in total. The van der Waals surface area contributed by atoms with Crippen molar-refractivity contribution in [2.45, 2.75) is 70.9 Å². The number of hydrogen-bond donors (Lipinski definition) is 1. The minimum atomic E-state index is -0.116. The zero-order valence-corrected chi connectivity index (χ0v) is 17.4. The van der Waals surface area contributed by atoms with Gasteiger partial charge in [0.15, 0.2) is 5.65 Å². The van der Waals surface area contributed by atoms with Crippen LogP contribution in [0.25, 0.3) is 11.0 Å². The summed E-state index contributed by atoms with van der Waals surface area (Å²) in [5.74, 6) is -0.0527. The van der Waals surface area contributed by atoms with Crippen molar-refractivity contribution in [2.24, 2.45) is 5.92 Å². The summed E-state index contributed by atoms with van der Waals surface area (Å²) in [5.41, 5.74) is 1.36. The molecule has 1 aliphatic heterocycles. The number of nitrogens with one attached hydrogen (secondary N) is 1. The quantitative estimate of drug-likeness (QED) is 0.858. The Morgan fingerprint density at radius 1 is 1.10 bits per heavy atom. The van der Waals surface area contributed by atoms with Crippen LogP contribution in [0.5, 0.6) is 0 Å². The highest BCUT2D eigenvalue weighted by Gasteiger charge is 2.30. The van der Waals surface area contributed by atoms with Crippen LogP contribution in [0.15, 0.2) is 18.5 Å². The molecule has 0 spiro atoms. The number of piperidine rings is 1. The van der Waals surface area contributed by atoms with Crippen molar-refractivity contribution >= 4 is 22.8 Å². The molecule has 4 rings (SSSR count). The number of carbonyl (C=O) groups is 2. The van der Waals surface area contributed by atoms with E-state index in [1.807, 2.05) is 15.6 Å². The van der Waals surface area contributed by atoms with E-state index in [0.717, 1.165) is 36.7 Å². The van der Waals surface area contributed by atoms with Crippen LogP contribution >= 0.6 is 0 Å². The lowest BCUT2D eigenvalue weighted by Crippen LogP contribution is -2.48. The normalized spacial score (nSPS) is 20.9. The average molecular weight is 398 g/mol. The molecule has 7 heteroatoms. The van der Waals surface area contributed by atoms with Crippen LogP contribution in [-0.2, 0) is 4.79 Å². The first-order chi connectivity index (χ1) is 14.0. The van der Waals surface area contributed by atoms with Crippen LogP contribution < -0.4 is 5.32 Å². The largest absolute Gasteiger partial charge is 0.353 e. The molecule has 1 unspecified atom stereocenters. The summed E-state index contributed by atoms with van der Waals surface area (Å²) in [6.07, 6.45) is 10.9. The number of likely N-dealkylation sites (tertiary alicyclic amines) is 1. The standard InChI is InChI=1S/C22H31N5O2/c1-15(2)27-20-17(13-24-27)11-18(12-23-20)22(29)26-10-6-7-16(14-26)21(28)25-19-8-4-3-5-9-19/h11-13,15-16,19H,3-10,14H2,1-2H3,(H,25,28). The lowest BCUT2D eigenvalue weighted by Gasteiger charge is -2.33. The van der Waals surface area contributed by atoms with E-state index in [1.165, 1.54) is 19.3 Å². The predicted molar refractivity (Wildman–Crippen MR) is 112 cm³/mol. The summed E-state index contributed by atoms with van der Waals surface area (Å²) in [6, 6.07) is 2.39. The van der Waals surface area contributed by atoms with Gasteiger partial charge in [-0.3, -0.25) is 9.59 Å². The Kier molecular flexibility index (Phi) is 5.83. The summed E-state index contributed by atoms with van der Waals surface area (Å²) >= 11 is 0. The van der Waals surface area contributed by atoms with Crippen molar-refractivity contribution in [1.29, 1.82) is 0 Å². The van der Waals surface area contributed by atoms with Gasteiger partial charge in [0.2, 0.25) is 5.91 Å². The molecule has 0 radical (unpaired) electrons. The number of aromatic nitrogens is 3. The Labute approximate surface area is 171 Å². The van der Waals surface area contributed by atoms with E-state index in [-0.39, 0.29) is 23.8 Å². The van der Waals surface area contributed by atoms with Crippen LogP contribution in [0.2, 0.25) is 0 Å². The molecule has 1 atom stereocenters. The fourth-order valence-electron chi connectivity index (χ4n) is 4.56. The van der Waals surface area contributed by atoms with Gasteiger partial charge in [-0.15, -0.1) is 0 Å². The third-order valence-electron chi connectivity index (χ3n) is 6.20. The summed E-state index contributed by atoms with van der Waals surface area (Å²) in [4.78, 5) is 32.1. The number of hydrogen-bond acceptors (Lipinski definition) is 4. The molecule has 1 saturated heterocycles. The van der Waals surface area contributed by atoms with Gasteiger partial charge in [0, 0.05) is 36.8 Å². The first kappa shape index (κ1) is 19.9. The van der Waals surface area contributed by atoms with E-state index < -0.39 is 0 Å². The van der Waals surface area contributed by atoms with Crippen molar-refractivity contribution in [3.8, 4) is 0 Å². The Morgan fingerprint density at radius 3 is 2.66 bits per heavy atom. The third kappa shape index (κ3) is 4.28. The van der Waals surface area contributed by atoms with Crippen molar-refractivity contribution in [3.05, 3.63) is 24.0 Å². The molecule has 29 heavy (non-hydrogen) atoms. The predicted octanol–water partition coefficient (Wildman–Crippen LogP) is 3.31. The Hall–Kier alpha value is -2.44. The van der Waals surface area contributed by atoms with Gasteiger partial charge >= 0.3 is 0 Å². The second-order valence-corrected chi connectivity index (χ2v) is 8.75. The van der Waals surface area contributed by atoms with Crippen molar-refractivity contribution in [3.63, 3.8) is 0 Å². The number of pyridine rings is 1. The van der Waals surface area contributed by atoms with Gasteiger partial charge in [-0.05, 0) is 45.6 Å². The molecule has 0 bridgehead atoms. The zero-order chi connectivity index (χ0) is 20.4. The smallest absolute Gasteiger partial charge is 0.255 e. The molecule has 2 fully saturated rings. The molecule has 0 aromatic carbocycles. The zero-order valence-electron chi connectivity index (χ0n) is 17.4. The van der Waals surface area contributed by atoms with Crippen LogP contribution in [0.4, 0.5) is 0 Å². The van der Waals surface area contributed by atoms with Gasteiger partial charge in [-0.1, -0.05) is 19.3 Å². The summed E-state index contributed by atoms with van der Waals surface area (Å²) in [5, 5.41) is 8.47. The first-order valence-corrected chi connectivity index (χ1v) is 11.0. The second-order valence-electron chi connectivity index (χ2n) is 8.75. The van der Waals surface area contributed by atoms with E-state index in [2.05, 4.69) is 29.2 Å². The van der Waals surface area contributed by atoms with Gasteiger partial charge in [0.05, 0.1) is 17.7 Å². The van der Waals surface area contributed by atoms with Crippen molar-refractivity contribution in [1.82, 2.24) is 25.0 Å². The van der Waals surface area contributed by atoms with E-state index >= 15 is 0 Å². The van der Waals surface area contributed by atoms with E-state index in [9.17, 15) is 9.59 Å². The molecule has 2 aromatic heterocycles. The van der Waals surface area contributed by atoms with Gasteiger partial charge < -0.3 is 10.2 Å². The number of rotatable bonds is 4. The van der Waals surface area contributed by atoms with Crippen molar-refractivity contribution in [2.75, 3.05) is 13.1 Å². The van der Waals surface area contributed by atoms with Crippen LogP contribution in [-0.4, -0.2) is 50.6 Å². The molecule has 7 nitrogen and oxygen atoms in total. The fourth-order valence-corrected chi connectivity index (χ4v) is 4.56. The van der Waals surface area contributed by atoms with Gasteiger partial charge in [-0.25, -0.2) is 9.67 Å². The van der Waals surface area contributed by atoms with E-state index in [4.69, 9.17) is 0 Å². The van der Waals surface area contributed by atoms with E-state index in [0.29, 0.717) is 24.7 Å². The number of nitrogens with zero attached hydrogens (tertiary/aromatic N) is 4. The van der Waals surface area contributed by atoms with Crippen molar-refractivity contribution < 1.29 is 9.59 Å². The molecule has 1 saturated carbocycles. The minimum absolute atomic E-state index is 0.0492. The summed E-state index contributed by atoms with van der Waals surface area (Å²) in [7, 11) is 0. The van der Waals surface area contributed by atoms with Gasteiger partial charge in [0.1, 0.15) is 0 Å². The van der Waals surface area contributed by atoms with Gasteiger partial charge in [-0.2, -0.15) is 5.10 Å². The SMILES string of the molecule is CC(C)n1ncc2cc(C(=O)N3CCCC(C(=O)NC4CCCCC4)C3)cnc21. The highest BCUT2D eigenvalue weighted by atomic mass is 16.2. The first-order valence-electron chi connectivity index (χ1n) is 11.0. The molecular weight excluding hydrogens is 366 g/mol. The maximum Gasteiger partial charge on any atom is 0.255 e. The molecule has 156 valence electrons. The maximum absolute atomic E-state index is 13.1. The lowest BCUT2D eigenvalue weighted by atomic mass is 9.93. The van der Waals surface area contributed by atoms with Crippen LogP contribution in [0.3, 0.4) is 0 Å². The second kappa shape index (κ2) is 8.51. The topological polar surface area (TPSA) is 80.1 Å². The Morgan fingerprint density at radius 2 is 1.90 bits per heavy atom. The molecule has 2 amide bonds. The van der Waals surface area contributed by atoms with Crippen LogP contribution in [0, 0.1) is 5.92 Å². The third-order valence-corrected chi connectivity index (χ3v) is 6.20. The van der Waals surface area contributed by atoms with E-state index in [1.54, 1.807) is 12.4 Å². The molecular formula is C22H31N5O2. The Balaban J connectivity index is 1.43. The fraction of sp³-hybridized carbons (Fsp3) is 0.636. The minimum Gasteiger partial charge on any atom is -0.353 e. The lowest BCUT2D eigenvalue weighted by molar-refractivity contribution is -0.127. The maximum atomic E-state index is 13.1. The molecule has 2 aromatic rings.